The van der Waals surface area contributed by atoms with E-state index in [1.807, 2.05) is 0 Å². The van der Waals surface area contributed by atoms with Crippen LogP contribution in [0.1, 0.15) is 11.2 Å². The molecule has 0 aliphatic heterocycles. The largest absolute Gasteiger partial charge is 0.337 e. The van der Waals surface area contributed by atoms with E-state index in [9.17, 15) is 0 Å². The summed E-state index contributed by atoms with van der Waals surface area (Å²) in [7, 11) is 0. The number of hydrogen-bond acceptors (Lipinski definition) is 1. The van der Waals surface area contributed by atoms with Crippen LogP contribution in [-0.4, -0.2) is 9.97 Å². The second-order valence-corrected chi connectivity index (χ2v) is 1.77. The number of aromatic nitrogens is 2. The van der Waals surface area contributed by atoms with Crippen LogP contribution in [0, 0.1) is 6.85 Å². The molecule has 0 spiro atoms. The van der Waals surface area contributed by atoms with Gasteiger partial charge in [0.2, 0.25) is 0 Å². The van der Waals surface area contributed by atoms with Crippen LogP contribution in [0.4, 0.5) is 0 Å². The number of H-pyrrole nitrogens is 1. The molecule has 0 atom stereocenters. The summed E-state index contributed by atoms with van der Waals surface area (Å²) in [5.74, 6) is 0. The highest BCUT2D eigenvalue weighted by Gasteiger charge is 1.85. The fraction of sp³-hybridized carbons (Fsp3) is 0.250. The van der Waals surface area contributed by atoms with Crippen LogP contribution in [0.5, 0.6) is 0 Å². The van der Waals surface area contributed by atoms with Gasteiger partial charge >= 0.3 is 0 Å². The van der Waals surface area contributed by atoms with E-state index in [-0.39, 0.29) is 16.6 Å². The van der Waals surface area contributed by atoms with Crippen molar-refractivity contribution >= 4 is 15.9 Å². The molecule has 0 aliphatic rings. The topological polar surface area (TPSA) is 28.7 Å². The van der Waals surface area contributed by atoms with Crippen molar-refractivity contribution in [2.24, 2.45) is 0 Å². The van der Waals surface area contributed by atoms with Crippen molar-refractivity contribution in [1.82, 2.24) is 9.97 Å². The molecular formula is C4H5BrN2. The lowest BCUT2D eigenvalue weighted by molar-refractivity contribution is 1.20. The molecule has 0 saturated heterocycles. The number of halogens is 1. The molecule has 1 N–H and O–H groups in total. The van der Waals surface area contributed by atoms with Gasteiger partial charge in [0.15, 0.2) is 4.73 Å². The van der Waals surface area contributed by atoms with E-state index >= 15 is 0 Å². The molecule has 1 aromatic rings. The number of rotatable bonds is 0. The first kappa shape index (κ1) is 1.90. The second kappa shape index (κ2) is 1.66. The standard InChI is InChI=1S/C4H5BrN2/c1-3-2-6-4(5)7-3/h2H,1H3,(H,6,7)/i1D3,2D. The maximum absolute atomic E-state index is 7.11. The molecule has 1 heterocycles. The summed E-state index contributed by atoms with van der Waals surface area (Å²) < 4.78 is 28.2. The number of nitrogens with zero attached hydrogens (tertiary/aromatic N) is 1. The zero-order chi connectivity index (χ0) is 8.65. The van der Waals surface area contributed by atoms with E-state index in [0.717, 1.165) is 0 Å². The number of aromatic amines is 1. The summed E-state index contributed by atoms with van der Waals surface area (Å²) in [5, 5.41) is 0. The van der Waals surface area contributed by atoms with Gasteiger partial charge in [-0.25, -0.2) is 4.98 Å². The van der Waals surface area contributed by atoms with E-state index in [1.165, 1.54) is 0 Å². The van der Waals surface area contributed by atoms with Gasteiger partial charge in [-0.2, -0.15) is 0 Å². The molecule has 1 aromatic heterocycles. The van der Waals surface area contributed by atoms with Crippen molar-refractivity contribution in [3.05, 3.63) is 16.6 Å². The van der Waals surface area contributed by atoms with Gasteiger partial charge in [-0.3, -0.25) is 0 Å². The Hall–Kier alpha value is -0.310. The predicted molar refractivity (Wildman–Crippen MR) is 31.0 cm³/mol. The molecule has 7 heavy (non-hydrogen) atoms. The Morgan fingerprint density at radius 3 is 3.43 bits per heavy atom. The van der Waals surface area contributed by atoms with Crippen LogP contribution < -0.4 is 0 Å². The van der Waals surface area contributed by atoms with E-state index in [2.05, 4.69) is 25.9 Å². The van der Waals surface area contributed by atoms with Crippen molar-refractivity contribution in [1.29, 1.82) is 0 Å². The molecule has 38 valence electrons. The fourth-order valence-corrected chi connectivity index (χ4v) is 0.551. The smallest absolute Gasteiger partial charge is 0.174 e. The molecule has 1 rings (SSSR count). The van der Waals surface area contributed by atoms with Crippen LogP contribution in [0.25, 0.3) is 0 Å². The van der Waals surface area contributed by atoms with Crippen molar-refractivity contribution in [3.8, 4) is 0 Å². The third-order valence-corrected chi connectivity index (χ3v) is 0.870. The van der Waals surface area contributed by atoms with Crippen molar-refractivity contribution < 1.29 is 5.48 Å². The summed E-state index contributed by atoms with van der Waals surface area (Å²) in [4.78, 5) is 5.99. The first-order valence-corrected chi connectivity index (χ1v) is 2.43. The van der Waals surface area contributed by atoms with Crippen molar-refractivity contribution in [3.63, 3.8) is 0 Å². The Balaban J connectivity index is 3.13. The molecule has 0 aliphatic carbocycles. The minimum Gasteiger partial charge on any atom is -0.337 e. The van der Waals surface area contributed by atoms with E-state index < -0.39 is 6.85 Å². The highest BCUT2D eigenvalue weighted by molar-refractivity contribution is 9.10. The minimum absolute atomic E-state index is 0.135. The fourth-order valence-electron chi connectivity index (χ4n) is 0.264. The summed E-state index contributed by atoms with van der Waals surface area (Å²) >= 11 is 2.94. The predicted octanol–water partition coefficient (Wildman–Crippen LogP) is 1.48. The Morgan fingerprint density at radius 1 is 2.29 bits per heavy atom. The van der Waals surface area contributed by atoms with Gasteiger partial charge in [-0.1, -0.05) is 0 Å². The Kier molecular flexibility index (Phi) is 0.449. The summed E-state index contributed by atoms with van der Waals surface area (Å²) in [5.41, 5.74) is -0.135. The normalized spacial score (nSPS) is 19.6. The monoisotopic (exact) mass is 164 g/mol. The molecule has 0 unspecified atom stereocenters. The third kappa shape index (κ3) is 1.03. The highest BCUT2D eigenvalue weighted by atomic mass is 79.9. The van der Waals surface area contributed by atoms with Gasteiger partial charge in [0.1, 0.15) is 0 Å². The number of aryl methyl sites for hydroxylation is 1. The zero-order valence-corrected chi connectivity index (χ0v) is 4.91. The van der Waals surface area contributed by atoms with Gasteiger partial charge in [0.25, 0.3) is 0 Å². The summed E-state index contributed by atoms with van der Waals surface area (Å²) in [6, 6.07) is 0. The van der Waals surface area contributed by atoms with Gasteiger partial charge in [0.05, 0.1) is 1.37 Å². The van der Waals surface area contributed by atoms with Crippen molar-refractivity contribution in [2.45, 2.75) is 6.85 Å². The van der Waals surface area contributed by atoms with E-state index in [0.29, 0.717) is 0 Å². The highest BCUT2D eigenvalue weighted by Crippen LogP contribution is 2.00. The molecule has 0 saturated carbocycles. The Bertz CT molecular complexity index is 266. The molecule has 2 nitrogen and oxygen atoms in total. The lowest BCUT2D eigenvalue weighted by Crippen LogP contribution is -1.63. The SMILES string of the molecule is [2H]c1nc(Br)[nH]c1C([2H])([2H])[2H]. The van der Waals surface area contributed by atoms with Gasteiger partial charge in [0, 0.05) is 16.0 Å². The van der Waals surface area contributed by atoms with Crippen LogP contribution in [0.2, 0.25) is 0 Å². The summed E-state index contributed by atoms with van der Waals surface area (Å²) in [6.45, 7) is -2.28. The maximum atomic E-state index is 7.11. The van der Waals surface area contributed by atoms with Crippen molar-refractivity contribution in [2.75, 3.05) is 0 Å². The molecule has 0 fully saturated rings. The van der Waals surface area contributed by atoms with Crippen LogP contribution >= 0.6 is 15.9 Å². The number of nitrogens with one attached hydrogen (secondary N) is 1. The molecule has 0 bridgehead atoms. The lowest BCUT2D eigenvalue weighted by atomic mass is 10.6. The second-order valence-electron chi connectivity index (χ2n) is 1.01. The average Bonchev–Trinajstić information content (AvgIpc) is 2.08. The van der Waals surface area contributed by atoms with E-state index in [4.69, 9.17) is 5.48 Å². The summed E-state index contributed by atoms with van der Waals surface area (Å²) in [6.07, 6.45) is -0.239. The van der Waals surface area contributed by atoms with Gasteiger partial charge < -0.3 is 4.98 Å². The quantitative estimate of drug-likeness (QED) is 0.619. The number of imidazole rings is 1. The third-order valence-electron chi connectivity index (χ3n) is 0.494. The van der Waals surface area contributed by atoms with Gasteiger partial charge in [-0.05, 0) is 22.8 Å². The molecule has 0 amide bonds. The first-order chi connectivity index (χ1) is 4.91. The first-order valence-electron chi connectivity index (χ1n) is 3.64. The lowest BCUT2D eigenvalue weighted by Gasteiger charge is -1.72. The van der Waals surface area contributed by atoms with Crippen LogP contribution in [-0.2, 0) is 0 Å². The zero-order valence-electron chi connectivity index (χ0n) is 7.33. The van der Waals surface area contributed by atoms with E-state index in [1.54, 1.807) is 0 Å². The number of hydrogen-bond donors (Lipinski definition) is 1. The minimum atomic E-state index is -2.28. The maximum Gasteiger partial charge on any atom is 0.174 e. The van der Waals surface area contributed by atoms with Crippen LogP contribution in [0.15, 0.2) is 10.9 Å². The van der Waals surface area contributed by atoms with Crippen LogP contribution in [0.3, 0.4) is 0 Å². The molecule has 3 heteroatoms. The molecule has 0 radical (unpaired) electrons. The molecule has 0 aromatic carbocycles. The Morgan fingerprint density at radius 2 is 3.14 bits per heavy atom. The average molecular weight is 165 g/mol. The Labute approximate surface area is 55.7 Å². The molecular weight excluding hydrogens is 156 g/mol. The van der Waals surface area contributed by atoms with Gasteiger partial charge in [-0.15, -0.1) is 0 Å².